The van der Waals surface area contributed by atoms with Gasteiger partial charge < -0.3 is 9.73 Å². The molecular weight excluding hydrogens is 186 g/mol. The lowest BCUT2D eigenvalue weighted by Gasteiger charge is -2.20. The second-order valence-electron chi connectivity index (χ2n) is 4.59. The molecule has 1 heterocycles. The van der Waals surface area contributed by atoms with Crippen molar-refractivity contribution >= 4 is 0 Å². The number of furan rings is 1. The SMILES string of the molecule is CC(NC1CCCCCC1)c1ccco1. The van der Waals surface area contributed by atoms with Crippen LogP contribution in [-0.2, 0) is 0 Å². The summed E-state index contributed by atoms with van der Waals surface area (Å²) in [5.41, 5.74) is 0. The predicted octanol–water partition coefficient (Wildman–Crippen LogP) is 3.65. The van der Waals surface area contributed by atoms with Gasteiger partial charge in [0.1, 0.15) is 5.76 Å². The third kappa shape index (κ3) is 3.10. The van der Waals surface area contributed by atoms with E-state index in [1.807, 2.05) is 12.1 Å². The van der Waals surface area contributed by atoms with Crippen molar-refractivity contribution in [2.75, 3.05) is 0 Å². The number of rotatable bonds is 3. The Labute approximate surface area is 92.1 Å². The highest BCUT2D eigenvalue weighted by atomic mass is 16.3. The average molecular weight is 207 g/mol. The Morgan fingerprint density at radius 2 is 2.00 bits per heavy atom. The lowest BCUT2D eigenvalue weighted by atomic mass is 10.1. The monoisotopic (exact) mass is 207 g/mol. The average Bonchev–Trinajstić information content (AvgIpc) is 2.65. The van der Waals surface area contributed by atoms with Gasteiger partial charge in [0.2, 0.25) is 0 Å². The van der Waals surface area contributed by atoms with Crippen molar-refractivity contribution in [3.8, 4) is 0 Å². The first-order valence-corrected chi connectivity index (χ1v) is 6.16. The van der Waals surface area contributed by atoms with Gasteiger partial charge in [-0.3, -0.25) is 0 Å². The van der Waals surface area contributed by atoms with Crippen LogP contribution in [0.25, 0.3) is 0 Å². The largest absolute Gasteiger partial charge is 0.468 e. The maximum atomic E-state index is 5.41. The summed E-state index contributed by atoms with van der Waals surface area (Å²) < 4.78 is 5.41. The van der Waals surface area contributed by atoms with Crippen LogP contribution in [0.4, 0.5) is 0 Å². The van der Waals surface area contributed by atoms with E-state index in [-0.39, 0.29) is 0 Å². The Bertz CT molecular complexity index is 260. The zero-order chi connectivity index (χ0) is 10.5. The van der Waals surface area contributed by atoms with Gasteiger partial charge in [-0.05, 0) is 31.9 Å². The quantitative estimate of drug-likeness (QED) is 0.765. The maximum Gasteiger partial charge on any atom is 0.120 e. The van der Waals surface area contributed by atoms with Crippen LogP contribution in [0.1, 0.15) is 57.3 Å². The second-order valence-corrected chi connectivity index (χ2v) is 4.59. The normalized spacial score (nSPS) is 21.1. The summed E-state index contributed by atoms with van der Waals surface area (Å²) >= 11 is 0. The molecule has 1 saturated carbocycles. The summed E-state index contributed by atoms with van der Waals surface area (Å²) in [5.74, 6) is 1.05. The third-order valence-corrected chi connectivity index (χ3v) is 3.31. The number of hydrogen-bond acceptors (Lipinski definition) is 2. The molecule has 1 N–H and O–H groups in total. The zero-order valence-corrected chi connectivity index (χ0v) is 9.54. The topological polar surface area (TPSA) is 25.2 Å². The first kappa shape index (κ1) is 10.7. The standard InChI is InChI=1S/C13H21NO/c1-11(13-9-6-10-15-13)14-12-7-4-2-3-5-8-12/h6,9-12,14H,2-5,7-8H2,1H3. The molecule has 0 aromatic carbocycles. The molecule has 1 atom stereocenters. The van der Waals surface area contributed by atoms with Gasteiger partial charge in [-0.1, -0.05) is 25.7 Å². The summed E-state index contributed by atoms with van der Waals surface area (Å²) in [6.07, 6.45) is 9.97. The van der Waals surface area contributed by atoms with Crippen molar-refractivity contribution in [2.24, 2.45) is 0 Å². The first-order valence-electron chi connectivity index (χ1n) is 6.16. The fraction of sp³-hybridized carbons (Fsp3) is 0.692. The molecule has 1 aromatic rings. The van der Waals surface area contributed by atoms with Crippen LogP contribution in [-0.4, -0.2) is 6.04 Å². The van der Waals surface area contributed by atoms with Crippen LogP contribution >= 0.6 is 0 Å². The lowest BCUT2D eigenvalue weighted by molar-refractivity contribution is 0.366. The Hall–Kier alpha value is -0.760. The van der Waals surface area contributed by atoms with E-state index in [1.165, 1.54) is 38.5 Å². The molecule has 1 fully saturated rings. The van der Waals surface area contributed by atoms with Gasteiger partial charge in [-0.2, -0.15) is 0 Å². The molecule has 0 saturated heterocycles. The van der Waals surface area contributed by atoms with E-state index in [4.69, 9.17) is 4.42 Å². The van der Waals surface area contributed by atoms with Crippen molar-refractivity contribution in [1.82, 2.24) is 5.32 Å². The van der Waals surface area contributed by atoms with Gasteiger partial charge >= 0.3 is 0 Å². The number of hydrogen-bond donors (Lipinski definition) is 1. The highest BCUT2D eigenvalue weighted by molar-refractivity contribution is 5.03. The van der Waals surface area contributed by atoms with Gasteiger partial charge in [-0.25, -0.2) is 0 Å². The first-order chi connectivity index (χ1) is 7.36. The minimum atomic E-state index is 0.350. The molecule has 2 rings (SSSR count). The van der Waals surface area contributed by atoms with Gasteiger partial charge in [-0.15, -0.1) is 0 Å². The maximum absolute atomic E-state index is 5.41. The van der Waals surface area contributed by atoms with E-state index in [2.05, 4.69) is 12.2 Å². The van der Waals surface area contributed by atoms with Crippen LogP contribution in [0, 0.1) is 0 Å². The second kappa shape index (κ2) is 5.36. The Kier molecular flexibility index (Phi) is 3.84. The Morgan fingerprint density at radius 1 is 1.27 bits per heavy atom. The third-order valence-electron chi connectivity index (χ3n) is 3.31. The minimum Gasteiger partial charge on any atom is -0.468 e. The van der Waals surface area contributed by atoms with Gasteiger partial charge in [0.25, 0.3) is 0 Å². The van der Waals surface area contributed by atoms with Crippen molar-refractivity contribution in [2.45, 2.75) is 57.5 Å². The van der Waals surface area contributed by atoms with E-state index >= 15 is 0 Å². The molecule has 84 valence electrons. The summed E-state index contributed by atoms with van der Waals surface area (Å²) in [6.45, 7) is 2.18. The highest BCUT2D eigenvalue weighted by Gasteiger charge is 2.16. The number of nitrogens with one attached hydrogen (secondary N) is 1. The molecule has 0 radical (unpaired) electrons. The van der Waals surface area contributed by atoms with E-state index < -0.39 is 0 Å². The lowest BCUT2D eigenvalue weighted by Crippen LogP contribution is -2.30. The van der Waals surface area contributed by atoms with Crippen molar-refractivity contribution < 1.29 is 4.42 Å². The van der Waals surface area contributed by atoms with Crippen LogP contribution in [0.3, 0.4) is 0 Å². The predicted molar refractivity (Wildman–Crippen MR) is 61.7 cm³/mol. The van der Waals surface area contributed by atoms with Gasteiger partial charge in [0.15, 0.2) is 0 Å². The van der Waals surface area contributed by atoms with E-state index in [0.29, 0.717) is 12.1 Å². The highest BCUT2D eigenvalue weighted by Crippen LogP contribution is 2.21. The molecule has 1 unspecified atom stereocenters. The van der Waals surface area contributed by atoms with Gasteiger partial charge in [0, 0.05) is 6.04 Å². The Morgan fingerprint density at radius 3 is 2.60 bits per heavy atom. The smallest absolute Gasteiger partial charge is 0.120 e. The van der Waals surface area contributed by atoms with E-state index in [1.54, 1.807) is 6.26 Å². The fourth-order valence-corrected chi connectivity index (χ4v) is 2.42. The fourth-order valence-electron chi connectivity index (χ4n) is 2.42. The zero-order valence-electron chi connectivity index (χ0n) is 9.54. The Balaban J connectivity index is 1.84. The van der Waals surface area contributed by atoms with Crippen molar-refractivity contribution in [3.63, 3.8) is 0 Å². The van der Waals surface area contributed by atoms with Gasteiger partial charge in [0.05, 0.1) is 12.3 Å². The van der Waals surface area contributed by atoms with Crippen molar-refractivity contribution in [3.05, 3.63) is 24.2 Å². The van der Waals surface area contributed by atoms with Crippen molar-refractivity contribution in [1.29, 1.82) is 0 Å². The van der Waals surface area contributed by atoms with E-state index in [0.717, 1.165) is 5.76 Å². The molecule has 2 heteroatoms. The summed E-state index contributed by atoms with van der Waals surface area (Å²) in [6, 6.07) is 5.05. The molecule has 2 nitrogen and oxygen atoms in total. The molecular formula is C13H21NO. The molecule has 0 aliphatic heterocycles. The molecule has 0 amide bonds. The van der Waals surface area contributed by atoms with Crippen LogP contribution < -0.4 is 5.32 Å². The summed E-state index contributed by atoms with van der Waals surface area (Å²) in [7, 11) is 0. The van der Waals surface area contributed by atoms with Crippen LogP contribution in [0.5, 0.6) is 0 Å². The molecule has 0 bridgehead atoms. The molecule has 0 spiro atoms. The summed E-state index contributed by atoms with van der Waals surface area (Å²) in [4.78, 5) is 0. The van der Waals surface area contributed by atoms with Crippen LogP contribution in [0.15, 0.2) is 22.8 Å². The van der Waals surface area contributed by atoms with E-state index in [9.17, 15) is 0 Å². The minimum absolute atomic E-state index is 0.350. The molecule has 1 aromatic heterocycles. The molecule has 1 aliphatic rings. The summed E-state index contributed by atoms with van der Waals surface area (Å²) in [5, 5.41) is 3.67. The molecule has 15 heavy (non-hydrogen) atoms. The molecule has 1 aliphatic carbocycles. The van der Waals surface area contributed by atoms with Crippen LogP contribution in [0.2, 0.25) is 0 Å².